The summed E-state index contributed by atoms with van der Waals surface area (Å²) in [7, 11) is 0. The summed E-state index contributed by atoms with van der Waals surface area (Å²) < 4.78 is 0. The molecule has 144 valence electrons. The molecule has 4 heteroatoms. The SMILES string of the molecule is C/C=C1/C=C2CCC3C(C(O)CC4(O)C(C(=O)CO)CCC34)C2(C)CC1. The van der Waals surface area contributed by atoms with Gasteiger partial charge in [0.2, 0.25) is 0 Å². The van der Waals surface area contributed by atoms with Crippen LogP contribution in [0.3, 0.4) is 0 Å². The number of fused-ring (bicyclic) bond motifs is 5. The van der Waals surface area contributed by atoms with Crippen LogP contribution in [0, 0.1) is 29.1 Å². The van der Waals surface area contributed by atoms with E-state index in [-0.39, 0.29) is 35.4 Å². The van der Waals surface area contributed by atoms with E-state index in [4.69, 9.17) is 0 Å². The van der Waals surface area contributed by atoms with Crippen molar-refractivity contribution in [1.29, 1.82) is 0 Å². The van der Waals surface area contributed by atoms with Gasteiger partial charge in [0, 0.05) is 12.3 Å². The summed E-state index contributed by atoms with van der Waals surface area (Å²) in [5.74, 6) is -0.293. The Bertz CT molecular complexity index is 665. The molecular formula is C22H32O4. The average molecular weight is 360 g/mol. The second-order valence-corrected chi connectivity index (χ2v) is 9.30. The van der Waals surface area contributed by atoms with Crippen LogP contribution in [0.25, 0.3) is 0 Å². The van der Waals surface area contributed by atoms with Crippen LogP contribution in [-0.4, -0.2) is 39.4 Å². The Morgan fingerprint density at radius 3 is 2.77 bits per heavy atom. The van der Waals surface area contributed by atoms with Gasteiger partial charge >= 0.3 is 0 Å². The Labute approximate surface area is 156 Å². The molecule has 26 heavy (non-hydrogen) atoms. The van der Waals surface area contributed by atoms with Gasteiger partial charge in [0.15, 0.2) is 5.78 Å². The molecule has 4 aliphatic carbocycles. The highest BCUT2D eigenvalue weighted by atomic mass is 16.3. The van der Waals surface area contributed by atoms with Crippen molar-refractivity contribution in [3.8, 4) is 0 Å². The molecule has 0 spiro atoms. The van der Waals surface area contributed by atoms with E-state index in [1.807, 2.05) is 0 Å². The molecule has 3 saturated carbocycles. The highest BCUT2D eigenvalue weighted by Gasteiger charge is 2.64. The number of carbonyl (C=O) groups excluding carboxylic acids is 1. The Hall–Kier alpha value is -0.970. The average Bonchev–Trinajstić information content (AvgIpc) is 2.96. The number of aliphatic hydroxyl groups excluding tert-OH is 2. The minimum atomic E-state index is -1.14. The van der Waals surface area contributed by atoms with Gasteiger partial charge in [0.05, 0.1) is 11.7 Å². The van der Waals surface area contributed by atoms with Gasteiger partial charge in [-0.15, -0.1) is 0 Å². The second-order valence-electron chi connectivity index (χ2n) is 9.30. The van der Waals surface area contributed by atoms with Crippen LogP contribution in [0.1, 0.15) is 58.8 Å². The molecule has 0 amide bonds. The summed E-state index contributed by atoms with van der Waals surface area (Å²) in [4.78, 5) is 12.2. The first kappa shape index (κ1) is 18.4. The van der Waals surface area contributed by atoms with E-state index in [0.717, 1.165) is 32.1 Å². The van der Waals surface area contributed by atoms with Crippen molar-refractivity contribution in [3.05, 3.63) is 23.3 Å². The van der Waals surface area contributed by atoms with Crippen molar-refractivity contribution in [2.45, 2.75) is 70.5 Å². The predicted molar refractivity (Wildman–Crippen MR) is 99.3 cm³/mol. The highest BCUT2D eigenvalue weighted by Crippen LogP contribution is 2.64. The summed E-state index contributed by atoms with van der Waals surface area (Å²) in [6, 6.07) is 0. The largest absolute Gasteiger partial charge is 0.393 e. The van der Waals surface area contributed by atoms with E-state index in [1.54, 1.807) is 0 Å². The number of aliphatic hydroxyl groups is 3. The molecule has 7 unspecified atom stereocenters. The fourth-order valence-electron chi connectivity index (χ4n) is 7.12. The number of carbonyl (C=O) groups is 1. The lowest BCUT2D eigenvalue weighted by Crippen LogP contribution is -2.60. The van der Waals surface area contributed by atoms with Crippen LogP contribution < -0.4 is 0 Å². The van der Waals surface area contributed by atoms with Crippen molar-refractivity contribution in [3.63, 3.8) is 0 Å². The van der Waals surface area contributed by atoms with Gasteiger partial charge in [-0.3, -0.25) is 4.79 Å². The lowest BCUT2D eigenvalue weighted by atomic mass is 9.47. The first-order valence-electron chi connectivity index (χ1n) is 10.3. The third kappa shape index (κ3) is 2.42. The van der Waals surface area contributed by atoms with Crippen LogP contribution >= 0.6 is 0 Å². The first-order valence-corrected chi connectivity index (χ1v) is 10.3. The van der Waals surface area contributed by atoms with Crippen LogP contribution in [0.4, 0.5) is 0 Å². The normalized spacial score (nSPS) is 49.2. The molecule has 0 aliphatic heterocycles. The number of hydrogen-bond acceptors (Lipinski definition) is 4. The fraction of sp³-hybridized carbons (Fsp3) is 0.773. The minimum absolute atomic E-state index is 0.00471. The molecule has 3 N–H and O–H groups in total. The maximum absolute atomic E-state index is 12.2. The standard InChI is InChI=1S/C22H32O4/c1-3-13-8-9-21(2)14(10-13)4-5-15-16-6-7-17(19(25)12-23)22(16,26)11-18(24)20(15)21/h3,10,15-18,20,23-24,26H,4-9,11-12H2,1-2H3/b13-3+. The molecule has 0 heterocycles. The molecule has 0 bridgehead atoms. The van der Waals surface area contributed by atoms with Gasteiger partial charge in [0.1, 0.15) is 6.61 Å². The molecule has 4 rings (SSSR count). The molecule has 4 nitrogen and oxygen atoms in total. The Balaban J connectivity index is 1.69. The number of hydrogen-bond donors (Lipinski definition) is 3. The number of Topliss-reactive ketones (excluding diaryl/α,β-unsaturated/α-hetero) is 1. The van der Waals surface area contributed by atoms with Crippen LogP contribution in [0.5, 0.6) is 0 Å². The fourth-order valence-corrected chi connectivity index (χ4v) is 7.12. The quantitative estimate of drug-likeness (QED) is 0.708. The molecule has 3 fully saturated rings. The minimum Gasteiger partial charge on any atom is -0.393 e. The zero-order chi connectivity index (χ0) is 18.7. The van der Waals surface area contributed by atoms with E-state index in [2.05, 4.69) is 26.0 Å². The zero-order valence-corrected chi connectivity index (χ0v) is 15.9. The second kappa shape index (κ2) is 6.29. The third-order valence-corrected chi connectivity index (χ3v) is 8.36. The van der Waals surface area contributed by atoms with Gasteiger partial charge in [-0.05, 0) is 68.6 Å². The molecule has 0 saturated heterocycles. The molecule has 4 aliphatic rings. The van der Waals surface area contributed by atoms with Crippen molar-refractivity contribution in [2.24, 2.45) is 29.1 Å². The molecule has 0 aromatic carbocycles. The maximum atomic E-state index is 12.2. The summed E-state index contributed by atoms with van der Waals surface area (Å²) >= 11 is 0. The highest BCUT2D eigenvalue weighted by molar-refractivity contribution is 5.83. The van der Waals surface area contributed by atoms with Gasteiger partial charge < -0.3 is 15.3 Å². The lowest BCUT2D eigenvalue weighted by molar-refractivity contribution is -0.179. The number of allylic oxidation sites excluding steroid dienone is 4. The van der Waals surface area contributed by atoms with Gasteiger partial charge in [-0.25, -0.2) is 0 Å². The van der Waals surface area contributed by atoms with E-state index in [0.29, 0.717) is 6.42 Å². The van der Waals surface area contributed by atoms with Gasteiger partial charge in [-0.1, -0.05) is 30.2 Å². The molecule has 0 radical (unpaired) electrons. The van der Waals surface area contributed by atoms with E-state index in [1.165, 1.54) is 11.1 Å². The Morgan fingerprint density at radius 2 is 2.08 bits per heavy atom. The molecular weight excluding hydrogens is 328 g/mol. The number of ketones is 1. The smallest absolute Gasteiger partial charge is 0.164 e. The molecule has 0 aromatic heterocycles. The number of rotatable bonds is 2. The Morgan fingerprint density at radius 1 is 1.31 bits per heavy atom. The Kier molecular flexibility index (Phi) is 4.45. The first-order chi connectivity index (χ1) is 12.3. The van der Waals surface area contributed by atoms with Crippen LogP contribution in [-0.2, 0) is 4.79 Å². The van der Waals surface area contributed by atoms with Gasteiger partial charge in [0.25, 0.3) is 0 Å². The van der Waals surface area contributed by atoms with E-state index in [9.17, 15) is 20.1 Å². The molecule has 0 aromatic rings. The molecule has 7 atom stereocenters. The maximum Gasteiger partial charge on any atom is 0.164 e. The van der Waals surface area contributed by atoms with Gasteiger partial charge in [-0.2, -0.15) is 0 Å². The lowest BCUT2D eigenvalue weighted by Gasteiger charge is -2.59. The zero-order valence-electron chi connectivity index (χ0n) is 15.9. The monoisotopic (exact) mass is 360 g/mol. The summed E-state index contributed by atoms with van der Waals surface area (Å²) in [5, 5.41) is 31.9. The van der Waals surface area contributed by atoms with Crippen molar-refractivity contribution < 1.29 is 20.1 Å². The van der Waals surface area contributed by atoms with Crippen molar-refractivity contribution >= 4 is 5.78 Å². The van der Waals surface area contributed by atoms with Crippen molar-refractivity contribution in [2.75, 3.05) is 6.61 Å². The van der Waals surface area contributed by atoms with E-state index < -0.39 is 24.2 Å². The third-order valence-electron chi connectivity index (χ3n) is 8.36. The summed E-state index contributed by atoms with van der Waals surface area (Å²) in [6.45, 7) is 3.88. The summed E-state index contributed by atoms with van der Waals surface area (Å²) in [6.07, 6.45) is 9.79. The van der Waals surface area contributed by atoms with Crippen LogP contribution in [0.2, 0.25) is 0 Å². The van der Waals surface area contributed by atoms with Crippen LogP contribution in [0.15, 0.2) is 23.3 Å². The van der Waals surface area contributed by atoms with Crippen molar-refractivity contribution in [1.82, 2.24) is 0 Å². The predicted octanol–water partition coefficient (Wildman–Crippen LogP) is 2.77. The van der Waals surface area contributed by atoms with E-state index >= 15 is 0 Å². The summed E-state index contributed by atoms with van der Waals surface area (Å²) in [5.41, 5.74) is 1.71. The topological polar surface area (TPSA) is 77.8 Å².